The Balaban J connectivity index is 1.94. The lowest BCUT2D eigenvalue weighted by Crippen LogP contribution is -2.22. The molecule has 1 aliphatic rings. The largest absolute Gasteiger partial charge is 0.255 e. The van der Waals surface area contributed by atoms with Crippen LogP contribution < -0.4 is 0 Å². The third-order valence-electron chi connectivity index (χ3n) is 3.13. The molecule has 1 atom stereocenters. The molecule has 0 N–H and O–H groups in total. The van der Waals surface area contributed by atoms with Crippen molar-refractivity contribution in [3.63, 3.8) is 0 Å². The van der Waals surface area contributed by atoms with E-state index in [9.17, 15) is 0 Å². The maximum absolute atomic E-state index is 4.34. The Bertz CT molecular complexity index is 617. The molecule has 0 amide bonds. The van der Waals surface area contributed by atoms with Gasteiger partial charge in [0.05, 0.1) is 22.8 Å². The van der Waals surface area contributed by atoms with E-state index in [-0.39, 0.29) is 0 Å². The second kappa shape index (κ2) is 5.10. The molecule has 0 saturated carbocycles. The SMILES string of the molecule is CC1CC(c2ccccn2)=NN=C1c1ccccn1. The molecule has 0 bridgehead atoms. The molecule has 0 fully saturated rings. The maximum Gasteiger partial charge on any atom is 0.0918 e. The summed E-state index contributed by atoms with van der Waals surface area (Å²) in [6, 6.07) is 11.7. The van der Waals surface area contributed by atoms with Crippen molar-refractivity contribution in [1.82, 2.24) is 9.97 Å². The van der Waals surface area contributed by atoms with Crippen LogP contribution in [-0.4, -0.2) is 21.4 Å². The molecule has 4 heteroatoms. The summed E-state index contributed by atoms with van der Waals surface area (Å²) in [7, 11) is 0. The smallest absolute Gasteiger partial charge is 0.0918 e. The summed E-state index contributed by atoms with van der Waals surface area (Å²) in [4.78, 5) is 8.65. The van der Waals surface area contributed by atoms with Crippen molar-refractivity contribution in [3.05, 3.63) is 60.2 Å². The van der Waals surface area contributed by atoms with Crippen LogP contribution >= 0.6 is 0 Å². The summed E-state index contributed by atoms with van der Waals surface area (Å²) < 4.78 is 0. The van der Waals surface area contributed by atoms with Gasteiger partial charge in [-0.1, -0.05) is 19.1 Å². The van der Waals surface area contributed by atoms with Crippen LogP contribution in [0.25, 0.3) is 0 Å². The minimum atomic E-state index is 0.296. The highest BCUT2D eigenvalue weighted by molar-refractivity contribution is 6.08. The van der Waals surface area contributed by atoms with Gasteiger partial charge < -0.3 is 0 Å². The number of hydrogen-bond donors (Lipinski definition) is 0. The molecule has 0 spiro atoms. The van der Waals surface area contributed by atoms with Crippen molar-refractivity contribution in [2.75, 3.05) is 0 Å². The van der Waals surface area contributed by atoms with Crippen LogP contribution in [0.4, 0.5) is 0 Å². The van der Waals surface area contributed by atoms with Gasteiger partial charge in [0.15, 0.2) is 0 Å². The standard InChI is InChI=1S/C15H14N4/c1-11-10-14(12-6-2-4-8-16-12)18-19-15(11)13-7-3-5-9-17-13/h2-9,11H,10H2,1H3. The molecule has 0 saturated heterocycles. The van der Waals surface area contributed by atoms with Crippen molar-refractivity contribution < 1.29 is 0 Å². The fourth-order valence-corrected chi connectivity index (χ4v) is 2.15. The van der Waals surface area contributed by atoms with Gasteiger partial charge in [-0.3, -0.25) is 9.97 Å². The Morgan fingerprint density at radius 3 is 2.16 bits per heavy atom. The first-order chi connectivity index (χ1) is 9.34. The molecular formula is C15H14N4. The first kappa shape index (κ1) is 11.7. The van der Waals surface area contributed by atoms with Gasteiger partial charge in [0.1, 0.15) is 0 Å². The third-order valence-corrected chi connectivity index (χ3v) is 3.13. The molecule has 19 heavy (non-hydrogen) atoms. The molecule has 1 aliphatic heterocycles. The molecule has 3 rings (SSSR count). The summed E-state index contributed by atoms with van der Waals surface area (Å²) in [5.41, 5.74) is 3.69. The van der Waals surface area contributed by atoms with Gasteiger partial charge in [0.25, 0.3) is 0 Å². The van der Waals surface area contributed by atoms with Crippen molar-refractivity contribution in [2.45, 2.75) is 13.3 Å². The first-order valence-corrected chi connectivity index (χ1v) is 6.32. The van der Waals surface area contributed by atoms with E-state index in [1.54, 1.807) is 12.4 Å². The van der Waals surface area contributed by atoms with Gasteiger partial charge in [0, 0.05) is 24.7 Å². The predicted octanol–water partition coefficient (Wildman–Crippen LogP) is 2.71. The Morgan fingerprint density at radius 2 is 1.58 bits per heavy atom. The van der Waals surface area contributed by atoms with E-state index < -0.39 is 0 Å². The number of pyridine rings is 2. The van der Waals surface area contributed by atoms with E-state index in [1.165, 1.54) is 0 Å². The molecule has 0 aliphatic carbocycles. The summed E-state index contributed by atoms with van der Waals surface area (Å²) in [6.45, 7) is 2.14. The molecule has 1 unspecified atom stereocenters. The highest BCUT2D eigenvalue weighted by Gasteiger charge is 2.21. The van der Waals surface area contributed by atoms with Gasteiger partial charge >= 0.3 is 0 Å². The summed E-state index contributed by atoms with van der Waals surface area (Å²) in [6.07, 6.45) is 4.40. The van der Waals surface area contributed by atoms with Crippen LogP contribution in [0.5, 0.6) is 0 Å². The average Bonchev–Trinajstić information content (AvgIpc) is 2.49. The number of hydrogen-bond acceptors (Lipinski definition) is 4. The van der Waals surface area contributed by atoms with Crippen LogP contribution in [0.15, 0.2) is 59.0 Å². The minimum Gasteiger partial charge on any atom is -0.255 e. The fraction of sp³-hybridized carbons (Fsp3) is 0.200. The van der Waals surface area contributed by atoms with Crippen LogP contribution in [0.2, 0.25) is 0 Å². The van der Waals surface area contributed by atoms with E-state index in [1.807, 2.05) is 36.4 Å². The zero-order chi connectivity index (χ0) is 13.1. The van der Waals surface area contributed by atoms with E-state index >= 15 is 0 Å². The molecule has 3 heterocycles. The second-order valence-electron chi connectivity index (χ2n) is 4.57. The third kappa shape index (κ3) is 2.42. The normalized spacial score (nSPS) is 18.7. The van der Waals surface area contributed by atoms with Crippen LogP contribution in [0.1, 0.15) is 24.7 Å². The number of aromatic nitrogens is 2. The fourth-order valence-electron chi connectivity index (χ4n) is 2.15. The Morgan fingerprint density at radius 1 is 0.895 bits per heavy atom. The average molecular weight is 250 g/mol. The number of rotatable bonds is 2. The van der Waals surface area contributed by atoms with Crippen molar-refractivity contribution >= 4 is 11.4 Å². The van der Waals surface area contributed by atoms with Crippen molar-refractivity contribution in [1.29, 1.82) is 0 Å². The molecule has 0 aromatic carbocycles. The van der Waals surface area contributed by atoms with Gasteiger partial charge in [-0.05, 0) is 24.3 Å². The molecule has 2 aromatic heterocycles. The van der Waals surface area contributed by atoms with E-state index in [0.29, 0.717) is 5.92 Å². The minimum absolute atomic E-state index is 0.296. The van der Waals surface area contributed by atoms with Gasteiger partial charge in [-0.15, -0.1) is 0 Å². The van der Waals surface area contributed by atoms with E-state index in [4.69, 9.17) is 0 Å². The Labute approximate surface area is 112 Å². The monoisotopic (exact) mass is 250 g/mol. The lowest BCUT2D eigenvalue weighted by atomic mass is 9.94. The zero-order valence-electron chi connectivity index (χ0n) is 10.7. The second-order valence-corrected chi connectivity index (χ2v) is 4.57. The zero-order valence-corrected chi connectivity index (χ0v) is 10.7. The lowest BCUT2D eigenvalue weighted by Gasteiger charge is -2.18. The quantitative estimate of drug-likeness (QED) is 0.822. The summed E-state index contributed by atoms with van der Waals surface area (Å²) >= 11 is 0. The molecule has 0 radical (unpaired) electrons. The first-order valence-electron chi connectivity index (χ1n) is 6.32. The number of nitrogens with zero attached hydrogens (tertiary/aromatic N) is 4. The van der Waals surface area contributed by atoms with Crippen molar-refractivity contribution in [2.24, 2.45) is 16.1 Å². The van der Waals surface area contributed by atoms with E-state index in [2.05, 4.69) is 27.1 Å². The predicted molar refractivity (Wildman–Crippen MR) is 75.3 cm³/mol. The molecular weight excluding hydrogens is 236 g/mol. The summed E-state index contributed by atoms with van der Waals surface area (Å²) in [5, 5.41) is 8.65. The topological polar surface area (TPSA) is 50.5 Å². The van der Waals surface area contributed by atoms with Gasteiger partial charge in [-0.25, -0.2) is 0 Å². The molecule has 94 valence electrons. The van der Waals surface area contributed by atoms with Crippen molar-refractivity contribution in [3.8, 4) is 0 Å². The van der Waals surface area contributed by atoms with E-state index in [0.717, 1.165) is 29.2 Å². The maximum atomic E-state index is 4.34. The van der Waals surface area contributed by atoms with Crippen LogP contribution in [0.3, 0.4) is 0 Å². The van der Waals surface area contributed by atoms with Crippen LogP contribution in [0, 0.1) is 5.92 Å². The Kier molecular flexibility index (Phi) is 3.14. The summed E-state index contributed by atoms with van der Waals surface area (Å²) in [5.74, 6) is 0.296. The lowest BCUT2D eigenvalue weighted by molar-refractivity contribution is 0.784. The highest BCUT2D eigenvalue weighted by Crippen LogP contribution is 2.19. The Hall–Kier alpha value is -2.36. The van der Waals surface area contributed by atoms with Gasteiger partial charge in [-0.2, -0.15) is 10.2 Å². The molecule has 4 nitrogen and oxygen atoms in total. The highest BCUT2D eigenvalue weighted by atomic mass is 15.2. The van der Waals surface area contributed by atoms with Crippen LogP contribution in [-0.2, 0) is 0 Å². The van der Waals surface area contributed by atoms with Gasteiger partial charge in [0.2, 0.25) is 0 Å². The molecule has 2 aromatic rings.